The summed E-state index contributed by atoms with van der Waals surface area (Å²) in [6.45, 7) is 1.44. The van der Waals surface area contributed by atoms with Gasteiger partial charge in [0.25, 0.3) is 0 Å². The van der Waals surface area contributed by atoms with Crippen molar-refractivity contribution >= 4 is 5.91 Å². The van der Waals surface area contributed by atoms with Gasteiger partial charge in [-0.3, -0.25) is 4.79 Å². The maximum Gasteiger partial charge on any atom is 0.239 e. The van der Waals surface area contributed by atoms with Gasteiger partial charge in [-0.25, -0.2) is 0 Å². The molecule has 1 aliphatic heterocycles. The number of nitrogens with zero attached hydrogens (tertiary/aromatic N) is 1. The second kappa shape index (κ2) is 6.83. The van der Waals surface area contributed by atoms with Crippen LogP contribution in [0, 0.1) is 0 Å². The molecule has 1 amide bonds. The van der Waals surface area contributed by atoms with Crippen LogP contribution < -0.4 is 5.32 Å². The lowest BCUT2D eigenvalue weighted by atomic mass is 10.1. The van der Waals surface area contributed by atoms with Crippen LogP contribution >= 0.6 is 0 Å². The maximum atomic E-state index is 11.9. The van der Waals surface area contributed by atoms with Gasteiger partial charge in [-0.15, -0.1) is 0 Å². The molecular formula is C11H22N2O3. The Morgan fingerprint density at radius 3 is 2.75 bits per heavy atom. The van der Waals surface area contributed by atoms with Crippen molar-refractivity contribution in [2.75, 3.05) is 26.7 Å². The minimum atomic E-state index is -0.392. The highest BCUT2D eigenvalue weighted by Gasteiger charge is 2.29. The van der Waals surface area contributed by atoms with Crippen LogP contribution in [0.15, 0.2) is 0 Å². The summed E-state index contributed by atoms with van der Waals surface area (Å²) in [5.41, 5.74) is 0. The summed E-state index contributed by atoms with van der Waals surface area (Å²) in [6, 6.07) is -0.224. The lowest BCUT2D eigenvalue weighted by Crippen LogP contribution is -2.41. The molecule has 1 heterocycles. The molecule has 1 aliphatic rings. The summed E-state index contributed by atoms with van der Waals surface area (Å²) >= 11 is 0. The predicted molar refractivity (Wildman–Crippen MR) is 61.0 cm³/mol. The fourth-order valence-electron chi connectivity index (χ4n) is 1.92. The van der Waals surface area contributed by atoms with Gasteiger partial charge in [0.05, 0.1) is 12.1 Å². The molecule has 0 aromatic rings. The van der Waals surface area contributed by atoms with E-state index in [1.54, 1.807) is 11.9 Å². The number of carbonyl (C=O) groups is 1. The van der Waals surface area contributed by atoms with Crippen LogP contribution in [0.4, 0.5) is 0 Å². The third-order valence-corrected chi connectivity index (χ3v) is 2.93. The van der Waals surface area contributed by atoms with E-state index in [2.05, 4.69) is 5.32 Å². The largest absolute Gasteiger partial charge is 0.396 e. The number of hydrogen-bond acceptors (Lipinski definition) is 4. The smallest absolute Gasteiger partial charge is 0.239 e. The highest BCUT2D eigenvalue weighted by molar-refractivity contribution is 5.82. The van der Waals surface area contributed by atoms with Crippen LogP contribution in [0.1, 0.15) is 25.7 Å². The van der Waals surface area contributed by atoms with Crippen LogP contribution in [-0.2, 0) is 4.79 Å². The van der Waals surface area contributed by atoms with Gasteiger partial charge in [-0.2, -0.15) is 0 Å². The molecule has 0 saturated carbocycles. The molecule has 0 radical (unpaired) electrons. The third kappa shape index (κ3) is 4.08. The van der Waals surface area contributed by atoms with Crippen molar-refractivity contribution in [3.8, 4) is 0 Å². The number of rotatable bonds is 6. The van der Waals surface area contributed by atoms with Gasteiger partial charge in [-0.05, 0) is 25.7 Å². The minimum absolute atomic E-state index is 0.0561. The number of carbonyl (C=O) groups excluding carboxylic acids is 1. The van der Waals surface area contributed by atoms with Gasteiger partial charge in [0.15, 0.2) is 0 Å². The molecule has 1 rings (SSSR count). The van der Waals surface area contributed by atoms with Crippen molar-refractivity contribution in [2.45, 2.75) is 37.8 Å². The summed E-state index contributed by atoms with van der Waals surface area (Å²) in [7, 11) is 1.79. The first-order chi connectivity index (χ1) is 7.65. The van der Waals surface area contributed by atoms with Crippen molar-refractivity contribution in [3.63, 3.8) is 0 Å². The zero-order valence-corrected chi connectivity index (χ0v) is 9.85. The molecule has 0 spiro atoms. The molecule has 0 aliphatic carbocycles. The standard InChI is InChI=1S/C11H22N2O3/c1-13(5-3-2-4-6-14)11(16)10-7-9(15)8-12-10/h9-10,12,14-15H,2-8H2,1H3. The van der Waals surface area contributed by atoms with E-state index in [4.69, 9.17) is 5.11 Å². The zero-order chi connectivity index (χ0) is 12.0. The molecule has 1 saturated heterocycles. The molecule has 16 heavy (non-hydrogen) atoms. The van der Waals surface area contributed by atoms with Crippen molar-refractivity contribution in [3.05, 3.63) is 0 Å². The normalized spacial score (nSPS) is 24.7. The Balaban J connectivity index is 2.20. The Bertz CT molecular complexity index is 223. The molecule has 3 N–H and O–H groups in total. The number of nitrogens with one attached hydrogen (secondary N) is 1. The Morgan fingerprint density at radius 2 is 2.19 bits per heavy atom. The number of amides is 1. The van der Waals surface area contributed by atoms with E-state index in [9.17, 15) is 9.90 Å². The molecular weight excluding hydrogens is 208 g/mol. The summed E-state index contributed by atoms with van der Waals surface area (Å²) in [5.74, 6) is 0.0561. The average Bonchev–Trinajstić information content (AvgIpc) is 2.70. The highest BCUT2D eigenvalue weighted by Crippen LogP contribution is 2.09. The maximum absolute atomic E-state index is 11.9. The van der Waals surface area contributed by atoms with Gasteiger partial charge in [0, 0.05) is 26.7 Å². The first-order valence-corrected chi connectivity index (χ1v) is 5.92. The summed E-state index contributed by atoms with van der Waals surface area (Å²) < 4.78 is 0. The van der Waals surface area contributed by atoms with Crippen LogP contribution in [0.5, 0.6) is 0 Å². The molecule has 2 unspecified atom stereocenters. The zero-order valence-electron chi connectivity index (χ0n) is 9.85. The Kier molecular flexibility index (Phi) is 5.73. The topological polar surface area (TPSA) is 72.8 Å². The monoisotopic (exact) mass is 230 g/mol. The van der Waals surface area contributed by atoms with Crippen molar-refractivity contribution in [2.24, 2.45) is 0 Å². The molecule has 1 fully saturated rings. The van der Waals surface area contributed by atoms with Crippen LogP contribution in [-0.4, -0.2) is 59.9 Å². The molecule has 0 bridgehead atoms. The van der Waals surface area contributed by atoms with Crippen LogP contribution in [0.3, 0.4) is 0 Å². The van der Waals surface area contributed by atoms with E-state index in [0.29, 0.717) is 19.5 Å². The number of unbranched alkanes of at least 4 members (excludes halogenated alkanes) is 2. The van der Waals surface area contributed by atoms with E-state index in [-0.39, 0.29) is 18.6 Å². The van der Waals surface area contributed by atoms with E-state index in [1.165, 1.54) is 0 Å². The molecule has 2 atom stereocenters. The van der Waals surface area contributed by atoms with Crippen molar-refractivity contribution in [1.29, 1.82) is 0 Å². The van der Waals surface area contributed by atoms with Gasteiger partial charge < -0.3 is 20.4 Å². The van der Waals surface area contributed by atoms with E-state index < -0.39 is 6.10 Å². The first kappa shape index (κ1) is 13.4. The number of aliphatic hydroxyl groups is 2. The van der Waals surface area contributed by atoms with Crippen molar-refractivity contribution in [1.82, 2.24) is 10.2 Å². The summed E-state index contributed by atoms with van der Waals surface area (Å²) in [6.07, 6.45) is 2.77. The SMILES string of the molecule is CN(CCCCCO)C(=O)C1CC(O)CN1. The highest BCUT2D eigenvalue weighted by atomic mass is 16.3. The fraction of sp³-hybridized carbons (Fsp3) is 0.909. The van der Waals surface area contributed by atoms with Crippen LogP contribution in [0.25, 0.3) is 0 Å². The van der Waals surface area contributed by atoms with Gasteiger partial charge in [0.1, 0.15) is 0 Å². The number of likely N-dealkylation sites (N-methyl/N-ethyl adjacent to an activating group) is 1. The summed E-state index contributed by atoms with van der Waals surface area (Å²) in [4.78, 5) is 13.6. The van der Waals surface area contributed by atoms with Crippen molar-refractivity contribution < 1.29 is 15.0 Å². The number of hydrogen-bond donors (Lipinski definition) is 3. The second-order valence-corrected chi connectivity index (χ2v) is 4.39. The summed E-state index contributed by atoms with van der Waals surface area (Å²) in [5, 5.41) is 20.9. The lowest BCUT2D eigenvalue weighted by Gasteiger charge is -2.20. The Morgan fingerprint density at radius 1 is 1.44 bits per heavy atom. The van der Waals surface area contributed by atoms with Gasteiger partial charge in [0.2, 0.25) is 5.91 Å². The second-order valence-electron chi connectivity index (χ2n) is 4.39. The molecule has 5 nitrogen and oxygen atoms in total. The third-order valence-electron chi connectivity index (χ3n) is 2.93. The molecule has 0 aromatic carbocycles. The lowest BCUT2D eigenvalue weighted by molar-refractivity contribution is -0.132. The minimum Gasteiger partial charge on any atom is -0.396 e. The van der Waals surface area contributed by atoms with E-state index in [1.807, 2.05) is 0 Å². The average molecular weight is 230 g/mol. The quantitative estimate of drug-likeness (QED) is 0.529. The number of aliphatic hydroxyl groups excluding tert-OH is 2. The molecule has 5 heteroatoms. The van der Waals surface area contributed by atoms with Crippen LogP contribution in [0.2, 0.25) is 0 Å². The predicted octanol–water partition coefficient (Wildman–Crippen LogP) is -0.670. The van der Waals surface area contributed by atoms with E-state index >= 15 is 0 Å². The first-order valence-electron chi connectivity index (χ1n) is 5.92. The van der Waals surface area contributed by atoms with E-state index in [0.717, 1.165) is 19.3 Å². The molecule has 94 valence electrons. The Labute approximate surface area is 96.4 Å². The van der Waals surface area contributed by atoms with Gasteiger partial charge in [-0.1, -0.05) is 0 Å². The number of β-amino-alcohol motifs (C(OH)–C–C–N with tert-alkyl or cyclic N) is 1. The van der Waals surface area contributed by atoms with Gasteiger partial charge >= 0.3 is 0 Å². The Hall–Kier alpha value is -0.650. The molecule has 0 aromatic heterocycles. The fourth-order valence-corrected chi connectivity index (χ4v) is 1.92.